The van der Waals surface area contributed by atoms with Crippen LogP contribution in [0.2, 0.25) is 0 Å². The van der Waals surface area contributed by atoms with Crippen molar-refractivity contribution in [2.24, 2.45) is 5.92 Å². The van der Waals surface area contributed by atoms with Gasteiger partial charge in [0.25, 0.3) is 0 Å². The summed E-state index contributed by atoms with van der Waals surface area (Å²) < 4.78 is 5.05. The number of aryl methyl sites for hydroxylation is 1. The van der Waals surface area contributed by atoms with Crippen molar-refractivity contribution in [3.8, 4) is 0 Å². The van der Waals surface area contributed by atoms with E-state index >= 15 is 0 Å². The van der Waals surface area contributed by atoms with Gasteiger partial charge in [-0.1, -0.05) is 29.8 Å². The minimum absolute atomic E-state index is 0.0671. The van der Waals surface area contributed by atoms with Gasteiger partial charge in [0, 0.05) is 18.0 Å². The van der Waals surface area contributed by atoms with Crippen molar-refractivity contribution in [2.45, 2.75) is 43.9 Å². The lowest BCUT2D eigenvalue weighted by molar-refractivity contribution is -0.150. The molecule has 2 saturated heterocycles. The maximum Gasteiger partial charge on any atom is 0.310 e. The van der Waals surface area contributed by atoms with Crippen LogP contribution >= 0.6 is 0 Å². The maximum absolute atomic E-state index is 12.3. The fraction of sp³-hybridized carbons (Fsp3) is 0.588. The molecule has 0 saturated carbocycles. The molecular weight excluding hydrogens is 266 g/mol. The van der Waals surface area contributed by atoms with E-state index in [1.165, 1.54) is 18.2 Å². The van der Waals surface area contributed by atoms with Crippen molar-refractivity contribution < 1.29 is 14.6 Å². The summed E-state index contributed by atoms with van der Waals surface area (Å²) in [7, 11) is 3.46. The Bertz CT molecular complexity index is 527. The zero-order valence-corrected chi connectivity index (χ0v) is 12.8. The first-order valence-corrected chi connectivity index (χ1v) is 7.57. The Balaban J connectivity index is 1.97. The highest BCUT2D eigenvalue weighted by atomic mass is 16.5. The lowest BCUT2D eigenvalue weighted by Crippen LogP contribution is -2.49. The van der Waals surface area contributed by atoms with Crippen molar-refractivity contribution >= 4 is 5.97 Å². The van der Waals surface area contributed by atoms with Gasteiger partial charge in [0.15, 0.2) is 0 Å². The van der Waals surface area contributed by atoms with Crippen molar-refractivity contribution in [2.75, 3.05) is 14.2 Å². The van der Waals surface area contributed by atoms with Crippen LogP contribution in [-0.4, -0.2) is 48.3 Å². The number of rotatable bonds is 2. The molecule has 2 heterocycles. The summed E-state index contributed by atoms with van der Waals surface area (Å²) in [5.74, 6) is -0.234. The number of benzene rings is 1. The number of likely N-dealkylation sites (N-methyl/N-ethyl adjacent to an activating group) is 1. The number of ether oxygens (including phenoxy) is 1. The van der Waals surface area contributed by atoms with Gasteiger partial charge in [0.05, 0.1) is 19.1 Å². The highest BCUT2D eigenvalue weighted by Crippen LogP contribution is 2.46. The van der Waals surface area contributed by atoms with Crippen molar-refractivity contribution in [1.29, 1.82) is 0 Å². The molecule has 0 spiro atoms. The predicted octanol–water partition coefficient (Wildman–Crippen LogP) is 1.71. The molecule has 3 rings (SSSR count). The van der Waals surface area contributed by atoms with Gasteiger partial charge in [-0.05, 0) is 32.4 Å². The Hall–Kier alpha value is -1.39. The molecule has 2 fully saturated rings. The number of methoxy groups -OCH3 is 1. The molecule has 5 atom stereocenters. The standard InChI is InChI=1S/C17H23NO3/c1-10-4-6-11(7-5-10)12-8-13-15(19)9-14(18(13)2)16(12)17(20)21-3/h4-7,12-16,19H,8-9H2,1-3H3/t12-,13?,14?,15-,16-/m1/s1. The third-order valence-corrected chi connectivity index (χ3v) is 5.30. The van der Waals surface area contributed by atoms with Crippen LogP contribution in [0.1, 0.15) is 29.9 Å². The summed E-state index contributed by atoms with van der Waals surface area (Å²) >= 11 is 0. The number of hydrogen-bond donors (Lipinski definition) is 1. The topological polar surface area (TPSA) is 49.8 Å². The highest BCUT2D eigenvalue weighted by molar-refractivity contribution is 5.75. The van der Waals surface area contributed by atoms with Gasteiger partial charge in [0.1, 0.15) is 0 Å². The van der Waals surface area contributed by atoms with E-state index in [1.807, 2.05) is 7.05 Å². The second-order valence-corrected chi connectivity index (χ2v) is 6.41. The molecule has 2 bridgehead atoms. The molecule has 114 valence electrons. The fourth-order valence-corrected chi connectivity index (χ4v) is 4.10. The third kappa shape index (κ3) is 2.36. The molecule has 4 nitrogen and oxygen atoms in total. The molecule has 2 aliphatic heterocycles. The molecule has 2 aliphatic rings. The summed E-state index contributed by atoms with van der Waals surface area (Å²) in [4.78, 5) is 14.5. The summed E-state index contributed by atoms with van der Waals surface area (Å²) in [5, 5.41) is 10.3. The Kier molecular flexibility index (Phi) is 3.76. The molecule has 1 aromatic carbocycles. The van der Waals surface area contributed by atoms with Crippen LogP contribution in [-0.2, 0) is 9.53 Å². The molecule has 0 amide bonds. The first-order valence-electron chi connectivity index (χ1n) is 7.57. The van der Waals surface area contributed by atoms with E-state index in [9.17, 15) is 9.90 Å². The lowest BCUT2D eigenvalue weighted by Gasteiger charge is -2.41. The number of carbonyl (C=O) groups excluding carboxylic acids is 1. The number of aliphatic hydroxyl groups excluding tert-OH is 1. The van der Waals surface area contributed by atoms with Crippen molar-refractivity contribution in [3.05, 3.63) is 35.4 Å². The van der Waals surface area contributed by atoms with E-state index in [4.69, 9.17) is 4.74 Å². The van der Waals surface area contributed by atoms with Crippen LogP contribution in [0.3, 0.4) is 0 Å². The van der Waals surface area contributed by atoms with Crippen LogP contribution in [0.5, 0.6) is 0 Å². The molecular formula is C17H23NO3. The summed E-state index contributed by atoms with van der Waals surface area (Å²) in [6.07, 6.45) is 1.11. The van der Waals surface area contributed by atoms with Gasteiger partial charge in [0.2, 0.25) is 0 Å². The largest absolute Gasteiger partial charge is 0.469 e. The minimum atomic E-state index is -0.345. The number of esters is 1. The van der Waals surface area contributed by atoms with Crippen LogP contribution in [0.15, 0.2) is 24.3 Å². The van der Waals surface area contributed by atoms with Crippen molar-refractivity contribution in [3.63, 3.8) is 0 Å². The van der Waals surface area contributed by atoms with E-state index in [1.54, 1.807) is 0 Å². The van der Waals surface area contributed by atoms with Crippen LogP contribution < -0.4 is 0 Å². The predicted molar refractivity (Wildman–Crippen MR) is 80.0 cm³/mol. The number of aliphatic hydroxyl groups is 1. The Morgan fingerprint density at radius 1 is 1.24 bits per heavy atom. The molecule has 0 aliphatic carbocycles. The zero-order chi connectivity index (χ0) is 15.1. The van der Waals surface area contributed by atoms with Crippen molar-refractivity contribution in [1.82, 2.24) is 4.90 Å². The van der Waals surface area contributed by atoms with E-state index < -0.39 is 0 Å². The lowest BCUT2D eigenvalue weighted by atomic mass is 9.76. The van der Waals surface area contributed by atoms with Gasteiger partial charge >= 0.3 is 5.97 Å². The van der Waals surface area contributed by atoms with Crippen LogP contribution in [0, 0.1) is 12.8 Å². The van der Waals surface area contributed by atoms with E-state index in [0.717, 1.165) is 6.42 Å². The SMILES string of the molecule is COC(=O)[C@H]1C2C[C@@H](O)C(C[C@@H]1c1ccc(C)cc1)N2C. The molecule has 4 heteroatoms. The molecule has 1 aromatic rings. The molecule has 2 unspecified atom stereocenters. The summed E-state index contributed by atoms with van der Waals surface area (Å²) in [6.45, 7) is 2.06. The monoisotopic (exact) mass is 289 g/mol. The average molecular weight is 289 g/mol. The third-order valence-electron chi connectivity index (χ3n) is 5.30. The fourth-order valence-electron chi connectivity index (χ4n) is 4.10. The van der Waals surface area contributed by atoms with Crippen LogP contribution in [0.25, 0.3) is 0 Å². The number of fused-ring (bicyclic) bond motifs is 2. The van der Waals surface area contributed by atoms with Gasteiger partial charge in [-0.3, -0.25) is 9.69 Å². The molecule has 21 heavy (non-hydrogen) atoms. The Morgan fingerprint density at radius 3 is 2.52 bits per heavy atom. The highest BCUT2D eigenvalue weighted by Gasteiger charge is 2.53. The Labute approximate surface area is 125 Å². The smallest absolute Gasteiger partial charge is 0.310 e. The van der Waals surface area contributed by atoms with Gasteiger partial charge < -0.3 is 9.84 Å². The first-order chi connectivity index (χ1) is 10.0. The number of nitrogens with zero attached hydrogens (tertiary/aromatic N) is 1. The normalized spacial score (nSPS) is 35.7. The van der Waals surface area contributed by atoms with E-state index in [2.05, 4.69) is 36.1 Å². The van der Waals surface area contributed by atoms with Gasteiger partial charge in [-0.15, -0.1) is 0 Å². The number of piperidine rings is 1. The minimum Gasteiger partial charge on any atom is -0.469 e. The zero-order valence-electron chi connectivity index (χ0n) is 12.8. The summed E-state index contributed by atoms with van der Waals surface area (Å²) in [5.41, 5.74) is 2.39. The second-order valence-electron chi connectivity index (χ2n) is 6.41. The van der Waals surface area contributed by atoms with Crippen LogP contribution in [0.4, 0.5) is 0 Å². The second kappa shape index (κ2) is 5.43. The Morgan fingerprint density at radius 2 is 1.90 bits per heavy atom. The molecule has 0 aromatic heterocycles. The first kappa shape index (κ1) is 14.5. The van der Waals surface area contributed by atoms with Gasteiger partial charge in [-0.25, -0.2) is 0 Å². The average Bonchev–Trinajstić information content (AvgIpc) is 2.66. The van der Waals surface area contributed by atoms with E-state index in [0.29, 0.717) is 6.42 Å². The number of hydrogen-bond acceptors (Lipinski definition) is 4. The maximum atomic E-state index is 12.3. The molecule has 0 radical (unpaired) electrons. The molecule has 1 N–H and O–H groups in total. The quantitative estimate of drug-likeness (QED) is 0.842. The van der Waals surface area contributed by atoms with E-state index in [-0.39, 0.29) is 36.0 Å². The number of carbonyl (C=O) groups is 1. The van der Waals surface area contributed by atoms with Gasteiger partial charge in [-0.2, -0.15) is 0 Å². The summed E-state index contributed by atoms with van der Waals surface area (Å²) in [6, 6.07) is 8.58.